The minimum Gasteiger partial charge on any atom is -0.489 e. The summed E-state index contributed by atoms with van der Waals surface area (Å²) in [4.78, 5) is 44.1. The summed E-state index contributed by atoms with van der Waals surface area (Å²) in [5, 5.41) is 9.01. The summed E-state index contributed by atoms with van der Waals surface area (Å²) in [5.74, 6) is 0.302. The zero-order valence-corrected chi connectivity index (χ0v) is 26.6. The quantitative estimate of drug-likeness (QED) is 0.302. The van der Waals surface area contributed by atoms with Crippen LogP contribution in [-0.4, -0.2) is 79.5 Å². The molecule has 2 aromatic carbocycles. The van der Waals surface area contributed by atoms with E-state index in [-0.39, 0.29) is 29.8 Å². The summed E-state index contributed by atoms with van der Waals surface area (Å²) < 4.78 is 5.92. The molecule has 236 valence electrons. The minimum absolute atomic E-state index is 0.107. The van der Waals surface area contributed by atoms with Crippen molar-refractivity contribution in [1.82, 2.24) is 25.8 Å². The van der Waals surface area contributed by atoms with Crippen molar-refractivity contribution in [1.29, 1.82) is 0 Å². The van der Waals surface area contributed by atoms with Crippen molar-refractivity contribution in [3.8, 4) is 5.75 Å². The summed E-state index contributed by atoms with van der Waals surface area (Å²) in [6.45, 7) is 8.51. The summed E-state index contributed by atoms with van der Waals surface area (Å²) in [6, 6.07) is 15.7. The topological polar surface area (TPSA) is 103 Å². The maximum absolute atomic E-state index is 13.7. The van der Waals surface area contributed by atoms with Crippen molar-refractivity contribution in [2.45, 2.75) is 84.0 Å². The molecule has 3 rings (SSSR count). The average Bonchev–Trinajstić information content (AvgIpc) is 3.26. The van der Waals surface area contributed by atoms with Gasteiger partial charge < -0.3 is 30.5 Å². The molecule has 0 aliphatic carbocycles. The molecule has 4 amide bonds. The number of amides is 4. The van der Waals surface area contributed by atoms with Crippen molar-refractivity contribution in [3.05, 3.63) is 65.7 Å². The van der Waals surface area contributed by atoms with E-state index in [0.717, 1.165) is 42.6 Å². The van der Waals surface area contributed by atoms with Crippen LogP contribution in [0, 0.1) is 5.92 Å². The largest absolute Gasteiger partial charge is 0.489 e. The molecule has 3 N–H and O–H groups in total. The van der Waals surface area contributed by atoms with Gasteiger partial charge in [-0.2, -0.15) is 0 Å². The van der Waals surface area contributed by atoms with E-state index in [1.54, 1.807) is 0 Å². The molecule has 0 saturated carbocycles. The number of likely N-dealkylation sites (tertiary alicyclic amines) is 1. The van der Waals surface area contributed by atoms with Gasteiger partial charge in [-0.3, -0.25) is 9.59 Å². The van der Waals surface area contributed by atoms with Crippen molar-refractivity contribution in [3.63, 3.8) is 0 Å². The second kappa shape index (κ2) is 17.5. The van der Waals surface area contributed by atoms with Crippen LogP contribution in [0.5, 0.6) is 5.75 Å². The first kappa shape index (κ1) is 33.9. The fourth-order valence-corrected chi connectivity index (χ4v) is 5.33. The van der Waals surface area contributed by atoms with Crippen LogP contribution in [-0.2, 0) is 22.6 Å². The predicted molar refractivity (Wildman–Crippen MR) is 171 cm³/mol. The molecule has 1 aliphatic rings. The van der Waals surface area contributed by atoms with E-state index >= 15 is 0 Å². The summed E-state index contributed by atoms with van der Waals surface area (Å²) >= 11 is 0. The Morgan fingerprint density at radius 1 is 0.791 bits per heavy atom. The van der Waals surface area contributed by atoms with E-state index in [1.165, 1.54) is 0 Å². The van der Waals surface area contributed by atoms with E-state index in [1.807, 2.05) is 99.3 Å². The third kappa shape index (κ3) is 12.3. The van der Waals surface area contributed by atoms with Crippen molar-refractivity contribution in [2.24, 2.45) is 5.92 Å². The van der Waals surface area contributed by atoms with Gasteiger partial charge in [-0.25, -0.2) is 4.79 Å². The molecular weight excluding hydrogens is 542 g/mol. The lowest BCUT2D eigenvalue weighted by molar-refractivity contribution is -0.130. The minimum atomic E-state index is -0.807. The highest BCUT2D eigenvalue weighted by Gasteiger charge is 2.29. The number of likely N-dealkylation sites (N-methyl/N-ethyl adjacent to an activating group) is 1. The molecule has 0 spiro atoms. The number of hydrogen-bond acceptors (Lipinski definition) is 5. The van der Waals surface area contributed by atoms with E-state index < -0.39 is 12.1 Å². The van der Waals surface area contributed by atoms with Gasteiger partial charge in [-0.1, -0.05) is 69.2 Å². The second-order valence-electron chi connectivity index (χ2n) is 12.4. The average molecular weight is 594 g/mol. The van der Waals surface area contributed by atoms with E-state index in [4.69, 9.17) is 4.74 Å². The van der Waals surface area contributed by atoms with E-state index in [0.29, 0.717) is 39.1 Å². The van der Waals surface area contributed by atoms with Crippen LogP contribution in [0.4, 0.5) is 4.79 Å². The standard InChI is InChI=1S/C34H51N5O4/c1-25(2)21-30(37-34(42)39-19-11-6-7-12-20-39)33(41)36-31(32(40)35-26(3)23-38(4)5)22-27-15-17-29(18-16-27)43-24-28-13-9-8-10-14-28/h8-10,13-18,25-26,30-31H,6-7,11-12,19-24H2,1-5H3,(H,35,40)(H,36,41)(H,37,42). The molecule has 9 nitrogen and oxygen atoms in total. The van der Waals surface area contributed by atoms with Crippen LogP contribution < -0.4 is 20.7 Å². The highest BCUT2D eigenvalue weighted by Crippen LogP contribution is 2.16. The third-order valence-corrected chi connectivity index (χ3v) is 7.49. The smallest absolute Gasteiger partial charge is 0.318 e. The molecule has 1 saturated heterocycles. The maximum Gasteiger partial charge on any atom is 0.318 e. The van der Waals surface area contributed by atoms with Gasteiger partial charge >= 0.3 is 6.03 Å². The molecule has 1 aliphatic heterocycles. The van der Waals surface area contributed by atoms with Gasteiger partial charge in [0.2, 0.25) is 11.8 Å². The Bertz CT molecular complexity index is 1130. The van der Waals surface area contributed by atoms with Gasteiger partial charge in [0.25, 0.3) is 0 Å². The molecule has 0 radical (unpaired) electrons. The summed E-state index contributed by atoms with van der Waals surface area (Å²) in [5.41, 5.74) is 1.97. The first-order valence-electron chi connectivity index (χ1n) is 15.7. The SMILES string of the molecule is CC(C)CC(NC(=O)N1CCCCCC1)C(=O)NC(Cc1ccc(OCc2ccccc2)cc1)C(=O)NC(C)CN(C)C. The summed E-state index contributed by atoms with van der Waals surface area (Å²) in [7, 11) is 3.90. The molecule has 1 fully saturated rings. The number of carbonyl (C=O) groups excluding carboxylic acids is 3. The van der Waals surface area contributed by atoms with Crippen LogP contribution in [0.3, 0.4) is 0 Å². The lowest BCUT2D eigenvalue weighted by Gasteiger charge is -2.28. The van der Waals surface area contributed by atoms with Crippen molar-refractivity contribution < 1.29 is 19.1 Å². The van der Waals surface area contributed by atoms with Crippen LogP contribution in [0.25, 0.3) is 0 Å². The molecule has 0 bridgehead atoms. The van der Waals surface area contributed by atoms with E-state index in [2.05, 4.69) is 16.0 Å². The third-order valence-electron chi connectivity index (χ3n) is 7.49. The fourth-order valence-electron chi connectivity index (χ4n) is 5.33. The number of benzene rings is 2. The molecule has 0 aromatic heterocycles. The Hall–Kier alpha value is -3.59. The molecule has 43 heavy (non-hydrogen) atoms. The lowest BCUT2D eigenvalue weighted by atomic mass is 10.0. The number of hydrogen-bond donors (Lipinski definition) is 3. The number of urea groups is 1. The second-order valence-corrected chi connectivity index (χ2v) is 12.4. The van der Waals surface area contributed by atoms with E-state index in [9.17, 15) is 14.4 Å². The number of rotatable bonds is 14. The number of carbonyl (C=O) groups is 3. The Balaban J connectivity index is 1.71. The fraction of sp³-hybridized carbons (Fsp3) is 0.559. The van der Waals surface area contributed by atoms with Gasteiger partial charge in [0.05, 0.1) is 0 Å². The molecule has 3 unspecified atom stereocenters. The highest BCUT2D eigenvalue weighted by atomic mass is 16.5. The highest BCUT2D eigenvalue weighted by molar-refractivity contribution is 5.92. The molecule has 1 heterocycles. The van der Waals surface area contributed by atoms with Crippen LogP contribution in [0.2, 0.25) is 0 Å². The predicted octanol–water partition coefficient (Wildman–Crippen LogP) is 4.36. The van der Waals surface area contributed by atoms with Crippen molar-refractivity contribution in [2.75, 3.05) is 33.7 Å². The lowest BCUT2D eigenvalue weighted by Crippen LogP contribution is -2.57. The number of nitrogens with zero attached hydrogens (tertiary/aromatic N) is 2. The number of ether oxygens (including phenoxy) is 1. The first-order valence-corrected chi connectivity index (χ1v) is 15.7. The Morgan fingerprint density at radius 2 is 1.42 bits per heavy atom. The van der Waals surface area contributed by atoms with Gasteiger partial charge in [0.15, 0.2) is 0 Å². The van der Waals surface area contributed by atoms with Gasteiger partial charge in [0.1, 0.15) is 24.4 Å². The monoisotopic (exact) mass is 593 g/mol. The van der Waals surface area contributed by atoms with Gasteiger partial charge in [0, 0.05) is 32.1 Å². The van der Waals surface area contributed by atoms with Gasteiger partial charge in [-0.15, -0.1) is 0 Å². The zero-order valence-electron chi connectivity index (χ0n) is 26.6. The van der Waals surface area contributed by atoms with Crippen LogP contribution in [0.1, 0.15) is 64.0 Å². The zero-order chi connectivity index (χ0) is 31.2. The molecular formula is C34H51N5O4. The Morgan fingerprint density at radius 3 is 2.02 bits per heavy atom. The summed E-state index contributed by atoms with van der Waals surface area (Å²) in [6.07, 6.45) is 4.95. The van der Waals surface area contributed by atoms with Crippen LogP contribution >= 0.6 is 0 Å². The molecule has 9 heteroatoms. The normalized spacial score (nSPS) is 15.7. The van der Waals surface area contributed by atoms with Crippen LogP contribution in [0.15, 0.2) is 54.6 Å². The molecule has 2 aromatic rings. The van der Waals surface area contributed by atoms with Crippen molar-refractivity contribution >= 4 is 17.8 Å². The van der Waals surface area contributed by atoms with Gasteiger partial charge in [-0.05, 0) is 69.5 Å². The Kier molecular flexibility index (Phi) is 13.8. The number of nitrogens with one attached hydrogen (secondary N) is 3. The first-order chi connectivity index (χ1) is 20.6. The maximum atomic E-state index is 13.7. The molecule has 3 atom stereocenters. The Labute approximate surface area is 257 Å².